The fourth-order valence-electron chi connectivity index (χ4n) is 3.29. The Hall–Kier alpha value is -1.39. The Morgan fingerprint density at radius 3 is 2.43 bits per heavy atom. The summed E-state index contributed by atoms with van der Waals surface area (Å²) in [5.41, 5.74) is 2.82. The van der Waals surface area contributed by atoms with Gasteiger partial charge < -0.3 is 9.80 Å². The highest BCUT2D eigenvalue weighted by atomic mass is 16.2. The van der Waals surface area contributed by atoms with Crippen molar-refractivity contribution in [3.63, 3.8) is 0 Å². The number of piperazine rings is 1. The molecule has 3 rings (SSSR count). The lowest BCUT2D eigenvalue weighted by Gasteiger charge is -2.36. The maximum Gasteiger partial charge on any atom is 0.236 e. The third-order valence-corrected chi connectivity index (χ3v) is 4.74. The summed E-state index contributed by atoms with van der Waals surface area (Å²) in [5.74, 6) is 0.296. The number of nitrogens with zero attached hydrogens (tertiary/aromatic N) is 3. The fraction of sp³-hybridized carbons (Fsp3) is 0.588. The highest BCUT2D eigenvalue weighted by Gasteiger charge is 2.23. The zero-order chi connectivity index (χ0) is 14.7. The molecular weight excluding hydrogens is 262 g/mol. The van der Waals surface area contributed by atoms with Gasteiger partial charge in [0.2, 0.25) is 5.91 Å². The molecule has 21 heavy (non-hydrogen) atoms. The lowest BCUT2D eigenvalue weighted by atomic mass is 10.00. The van der Waals surface area contributed by atoms with Gasteiger partial charge in [-0.3, -0.25) is 9.69 Å². The van der Waals surface area contributed by atoms with Crippen molar-refractivity contribution in [3.05, 3.63) is 35.4 Å². The summed E-state index contributed by atoms with van der Waals surface area (Å²) in [6.07, 6.45) is 1.06. The molecular formula is C17H25N3O. The highest BCUT2D eigenvalue weighted by Crippen LogP contribution is 2.18. The Labute approximate surface area is 127 Å². The molecule has 1 fully saturated rings. The standard InChI is InChI=1S/C17H25N3O/c1-2-18-9-11-20(12-10-18)17(21)14-19-8-7-15-5-3-4-6-16(15)13-19/h3-6H,2,7-14H2,1H3. The van der Waals surface area contributed by atoms with Crippen LogP contribution in [0.5, 0.6) is 0 Å². The van der Waals surface area contributed by atoms with Gasteiger partial charge >= 0.3 is 0 Å². The molecule has 1 aromatic carbocycles. The van der Waals surface area contributed by atoms with E-state index in [1.54, 1.807) is 0 Å². The van der Waals surface area contributed by atoms with Gasteiger partial charge in [-0.1, -0.05) is 31.2 Å². The molecule has 1 amide bonds. The van der Waals surface area contributed by atoms with Gasteiger partial charge in [0, 0.05) is 39.3 Å². The van der Waals surface area contributed by atoms with E-state index in [1.807, 2.05) is 4.90 Å². The SMILES string of the molecule is CCN1CCN(C(=O)CN2CCc3ccccc3C2)CC1. The van der Waals surface area contributed by atoms with Crippen LogP contribution in [0, 0.1) is 0 Å². The summed E-state index contributed by atoms with van der Waals surface area (Å²) < 4.78 is 0. The van der Waals surface area contributed by atoms with Crippen molar-refractivity contribution in [1.29, 1.82) is 0 Å². The number of amides is 1. The summed E-state index contributed by atoms with van der Waals surface area (Å²) in [4.78, 5) is 19.2. The number of hydrogen-bond acceptors (Lipinski definition) is 3. The summed E-state index contributed by atoms with van der Waals surface area (Å²) in [5, 5.41) is 0. The van der Waals surface area contributed by atoms with E-state index in [0.717, 1.165) is 52.2 Å². The molecule has 2 heterocycles. The van der Waals surface area contributed by atoms with E-state index in [-0.39, 0.29) is 0 Å². The van der Waals surface area contributed by atoms with Gasteiger partial charge in [-0.25, -0.2) is 0 Å². The van der Waals surface area contributed by atoms with Crippen LogP contribution in [0.2, 0.25) is 0 Å². The molecule has 0 aromatic heterocycles. The zero-order valence-electron chi connectivity index (χ0n) is 12.9. The molecule has 0 spiro atoms. The van der Waals surface area contributed by atoms with Crippen LogP contribution in [0.1, 0.15) is 18.1 Å². The second-order valence-corrected chi connectivity index (χ2v) is 6.04. The van der Waals surface area contributed by atoms with Crippen molar-refractivity contribution in [3.8, 4) is 0 Å². The van der Waals surface area contributed by atoms with Crippen LogP contribution < -0.4 is 0 Å². The minimum absolute atomic E-state index is 0.296. The van der Waals surface area contributed by atoms with Crippen LogP contribution in [0.25, 0.3) is 0 Å². The lowest BCUT2D eigenvalue weighted by molar-refractivity contribution is -0.134. The summed E-state index contributed by atoms with van der Waals surface area (Å²) in [6.45, 7) is 9.56. The second kappa shape index (κ2) is 6.58. The predicted octanol–water partition coefficient (Wildman–Crippen LogP) is 1.21. The van der Waals surface area contributed by atoms with E-state index in [0.29, 0.717) is 12.5 Å². The van der Waals surface area contributed by atoms with Crippen molar-refractivity contribution < 1.29 is 4.79 Å². The maximum atomic E-state index is 12.4. The Balaban J connectivity index is 1.52. The molecule has 2 aliphatic rings. The number of carbonyl (C=O) groups excluding carboxylic acids is 1. The lowest BCUT2D eigenvalue weighted by Crippen LogP contribution is -2.51. The van der Waals surface area contributed by atoms with Crippen molar-refractivity contribution in [2.75, 3.05) is 45.8 Å². The number of rotatable bonds is 3. The van der Waals surface area contributed by atoms with Gasteiger partial charge in [-0.05, 0) is 24.1 Å². The van der Waals surface area contributed by atoms with Crippen molar-refractivity contribution in [1.82, 2.24) is 14.7 Å². The maximum absolute atomic E-state index is 12.4. The molecule has 0 unspecified atom stereocenters. The number of carbonyl (C=O) groups is 1. The first-order valence-corrected chi connectivity index (χ1v) is 8.05. The molecule has 0 N–H and O–H groups in total. The molecule has 1 saturated heterocycles. The number of benzene rings is 1. The Kier molecular flexibility index (Phi) is 4.56. The molecule has 2 aliphatic heterocycles. The molecule has 0 saturated carbocycles. The van der Waals surface area contributed by atoms with Gasteiger partial charge in [0.15, 0.2) is 0 Å². The van der Waals surface area contributed by atoms with Gasteiger partial charge in [0.1, 0.15) is 0 Å². The van der Waals surface area contributed by atoms with Crippen LogP contribution in [-0.4, -0.2) is 66.4 Å². The fourth-order valence-corrected chi connectivity index (χ4v) is 3.29. The Morgan fingerprint density at radius 1 is 1.00 bits per heavy atom. The minimum atomic E-state index is 0.296. The van der Waals surface area contributed by atoms with Gasteiger partial charge in [0.25, 0.3) is 0 Å². The molecule has 0 radical (unpaired) electrons. The van der Waals surface area contributed by atoms with E-state index in [9.17, 15) is 4.79 Å². The second-order valence-electron chi connectivity index (χ2n) is 6.04. The molecule has 0 bridgehead atoms. The largest absolute Gasteiger partial charge is 0.339 e. The van der Waals surface area contributed by atoms with Crippen LogP contribution in [0.3, 0.4) is 0 Å². The zero-order valence-corrected chi connectivity index (χ0v) is 12.9. The third-order valence-electron chi connectivity index (χ3n) is 4.74. The molecule has 114 valence electrons. The van der Waals surface area contributed by atoms with Gasteiger partial charge in [0.05, 0.1) is 6.54 Å². The van der Waals surface area contributed by atoms with Crippen molar-refractivity contribution in [2.24, 2.45) is 0 Å². The quantitative estimate of drug-likeness (QED) is 0.836. The number of likely N-dealkylation sites (N-methyl/N-ethyl adjacent to an activating group) is 1. The number of hydrogen-bond donors (Lipinski definition) is 0. The number of fused-ring (bicyclic) bond motifs is 1. The van der Waals surface area contributed by atoms with E-state index in [1.165, 1.54) is 11.1 Å². The van der Waals surface area contributed by atoms with E-state index < -0.39 is 0 Å². The van der Waals surface area contributed by atoms with Crippen LogP contribution in [0.15, 0.2) is 24.3 Å². The first kappa shape index (κ1) is 14.5. The topological polar surface area (TPSA) is 26.8 Å². The first-order valence-electron chi connectivity index (χ1n) is 8.05. The smallest absolute Gasteiger partial charge is 0.236 e. The summed E-state index contributed by atoms with van der Waals surface area (Å²) >= 11 is 0. The molecule has 0 atom stereocenters. The van der Waals surface area contributed by atoms with Crippen LogP contribution >= 0.6 is 0 Å². The Bertz CT molecular complexity index is 495. The Morgan fingerprint density at radius 2 is 1.71 bits per heavy atom. The summed E-state index contributed by atoms with van der Waals surface area (Å²) in [7, 11) is 0. The van der Waals surface area contributed by atoms with Crippen LogP contribution in [0.4, 0.5) is 0 Å². The average molecular weight is 287 g/mol. The van der Waals surface area contributed by atoms with Gasteiger partial charge in [-0.15, -0.1) is 0 Å². The summed E-state index contributed by atoms with van der Waals surface area (Å²) in [6, 6.07) is 8.59. The van der Waals surface area contributed by atoms with Crippen molar-refractivity contribution >= 4 is 5.91 Å². The van der Waals surface area contributed by atoms with E-state index in [2.05, 4.69) is 41.0 Å². The minimum Gasteiger partial charge on any atom is -0.339 e. The molecule has 1 aromatic rings. The van der Waals surface area contributed by atoms with E-state index >= 15 is 0 Å². The average Bonchev–Trinajstić information content (AvgIpc) is 2.55. The molecule has 4 heteroatoms. The highest BCUT2D eigenvalue weighted by molar-refractivity contribution is 5.78. The normalized spacial score (nSPS) is 20.3. The van der Waals surface area contributed by atoms with Crippen LogP contribution in [-0.2, 0) is 17.8 Å². The first-order chi connectivity index (χ1) is 10.3. The van der Waals surface area contributed by atoms with Crippen molar-refractivity contribution in [2.45, 2.75) is 19.9 Å². The molecule has 4 nitrogen and oxygen atoms in total. The van der Waals surface area contributed by atoms with Gasteiger partial charge in [-0.2, -0.15) is 0 Å². The predicted molar refractivity (Wildman–Crippen MR) is 84.1 cm³/mol. The van der Waals surface area contributed by atoms with E-state index in [4.69, 9.17) is 0 Å². The third kappa shape index (κ3) is 3.44. The monoisotopic (exact) mass is 287 g/mol. The molecule has 0 aliphatic carbocycles.